The maximum absolute atomic E-state index is 12.4. The molecule has 8 rings (SSSR count). The number of aryl methyl sites for hydroxylation is 2. The summed E-state index contributed by atoms with van der Waals surface area (Å²) in [6, 6.07) is 31.3. The average Bonchev–Trinajstić information content (AvgIpc) is 3.78. The van der Waals surface area contributed by atoms with Gasteiger partial charge in [-0.2, -0.15) is 28.6 Å². The lowest BCUT2D eigenvalue weighted by Gasteiger charge is -2.12. The third kappa shape index (κ3) is 11.6. The molecule has 1 heterocycles. The van der Waals surface area contributed by atoms with Crippen LogP contribution in [-0.2, 0) is 28.9 Å². The predicted octanol–water partition coefficient (Wildman–Crippen LogP) is 12.3. The number of fused-ring (bicyclic) bond motifs is 2. The lowest BCUT2D eigenvalue weighted by atomic mass is 10.1. The molecule has 0 fully saturated rings. The number of nitrogens with two attached hydrogens (primary N) is 1. The highest BCUT2D eigenvalue weighted by molar-refractivity contribution is 7.95. The monoisotopic (exact) mass is 1010 g/mol. The Bertz CT molecular complexity index is 3430. The molecular formula is C44H37N11O12S3. The number of ether oxygens (including phenoxy) is 2. The topological polar surface area (TPSA) is 313 Å². The molecule has 0 amide bonds. The van der Waals surface area contributed by atoms with Gasteiger partial charge in [-0.3, -0.25) is 4.55 Å². The van der Waals surface area contributed by atoms with Gasteiger partial charge in [0.25, 0.3) is 10.1 Å². The third-order valence-corrected chi connectivity index (χ3v) is 12.1. The van der Waals surface area contributed by atoms with Crippen LogP contribution < -0.4 is 20.5 Å². The summed E-state index contributed by atoms with van der Waals surface area (Å²) in [4.78, 5) is 1.51. The van der Waals surface area contributed by atoms with E-state index in [1.54, 1.807) is 117 Å². The number of hydrogen-bond donors (Lipinski definition) is 6. The molecule has 26 heteroatoms. The fraction of sp³-hybridized carbons (Fsp3) is 0.0909. The van der Waals surface area contributed by atoms with Gasteiger partial charge in [0.05, 0.1) is 58.8 Å². The molecule has 0 aliphatic carbocycles. The van der Waals surface area contributed by atoms with Gasteiger partial charge in [-0.1, -0.05) is 16.1 Å². The van der Waals surface area contributed by atoms with Gasteiger partial charge in [0.1, 0.15) is 44.5 Å². The number of hydrogen-bond acceptors (Lipinski definition) is 23. The summed E-state index contributed by atoms with van der Waals surface area (Å²) in [6.07, 6.45) is 0. The average molecular weight is 1010 g/mol. The van der Waals surface area contributed by atoms with E-state index >= 15 is 0 Å². The number of azo groups is 3. The third-order valence-electron chi connectivity index (χ3n) is 10.0. The molecule has 0 aliphatic heterocycles. The fourth-order valence-electron chi connectivity index (χ4n) is 6.64. The first-order chi connectivity index (χ1) is 33.8. The number of aromatic hydroxyl groups is 1. The molecule has 0 unspecified atom stereocenters. The van der Waals surface area contributed by atoms with Crippen LogP contribution in [0.5, 0.6) is 17.2 Å². The summed E-state index contributed by atoms with van der Waals surface area (Å²) < 4.78 is 55.5. The largest absolute Gasteiger partial charge is 0.505 e. The van der Waals surface area contributed by atoms with Crippen molar-refractivity contribution in [2.24, 2.45) is 30.7 Å². The molecule has 0 bridgehead atoms. The highest BCUT2D eigenvalue weighted by Crippen LogP contribution is 2.46. The maximum atomic E-state index is 12.4. The smallest absolute Gasteiger partial charge is 0.296 e. The Morgan fingerprint density at radius 3 is 2.19 bits per heavy atom. The normalized spacial score (nSPS) is 12.0. The molecule has 0 atom stereocenters. The number of phenolic OH excluding ortho intramolecular Hbond substituents is 1. The second-order valence-corrected chi connectivity index (χ2v) is 17.6. The summed E-state index contributed by atoms with van der Waals surface area (Å²) in [6.45, 7) is 3.69. The Hall–Kier alpha value is -7.63. The number of aromatic nitrogens is 3. The number of phenols is 1. The minimum atomic E-state index is -4.77. The Morgan fingerprint density at radius 2 is 1.44 bits per heavy atom. The first-order valence-electron chi connectivity index (χ1n) is 20.1. The highest BCUT2D eigenvalue weighted by Gasteiger charge is 2.21. The molecule has 70 heavy (non-hydrogen) atoms. The first-order valence-corrected chi connectivity index (χ1v) is 23.1. The summed E-state index contributed by atoms with van der Waals surface area (Å²) in [5.41, 5.74) is 10.6. The van der Waals surface area contributed by atoms with Crippen LogP contribution in [0.1, 0.15) is 11.1 Å². The number of nitrogens with zero attached hydrogens (tertiary/aromatic N) is 9. The second-order valence-electron chi connectivity index (χ2n) is 14.6. The molecule has 358 valence electrons. The van der Waals surface area contributed by atoms with E-state index in [1.807, 2.05) is 0 Å². The van der Waals surface area contributed by atoms with E-state index in [-0.39, 0.29) is 45.5 Å². The number of nitrogens with one attached hydrogen (secondary N) is 1. The summed E-state index contributed by atoms with van der Waals surface area (Å²) in [5, 5.41) is 75.2. The Balaban J connectivity index is 0.987. The maximum Gasteiger partial charge on any atom is 0.296 e. The molecule has 0 aliphatic rings. The van der Waals surface area contributed by atoms with Gasteiger partial charge in [-0.25, -0.2) is 10.5 Å². The lowest BCUT2D eigenvalue weighted by Crippen LogP contribution is -2.08. The molecule has 8 aromatic rings. The molecule has 7 aromatic carbocycles. The predicted molar refractivity (Wildman–Crippen MR) is 257 cm³/mol. The van der Waals surface area contributed by atoms with Gasteiger partial charge in [-0.05, 0) is 133 Å². The Kier molecular flexibility index (Phi) is 15.2. The van der Waals surface area contributed by atoms with Crippen molar-refractivity contribution < 1.29 is 56.8 Å². The van der Waals surface area contributed by atoms with Gasteiger partial charge in [0.2, 0.25) is 0 Å². The van der Waals surface area contributed by atoms with Crippen LogP contribution in [0.3, 0.4) is 0 Å². The van der Waals surface area contributed by atoms with Crippen molar-refractivity contribution in [2.75, 3.05) is 24.9 Å². The molecular weight excluding hydrogens is 971 g/mol. The molecule has 0 radical (unpaired) electrons. The summed E-state index contributed by atoms with van der Waals surface area (Å²) in [5.74, 6) is 0.701. The van der Waals surface area contributed by atoms with Crippen LogP contribution in [-0.4, -0.2) is 57.4 Å². The first kappa shape index (κ1) is 48.8. The second kappa shape index (κ2) is 21.8. The number of anilines is 2. The number of benzene rings is 7. The van der Waals surface area contributed by atoms with Crippen molar-refractivity contribution in [3.8, 4) is 22.9 Å². The highest BCUT2D eigenvalue weighted by atomic mass is 32.2. The number of nitrogen functional groups attached to an aromatic ring is 1. The van der Waals surface area contributed by atoms with Crippen molar-refractivity contribution in [2.45, 2.75) is 28.5 Å². The van der Waals surface area contributed by atoms with E-state index in [2.05, 4.69) is 60.6 Å². The molecule has 0 saturated carbocycles. The van der Waals surface area contributed by atoms with Crippen molar-refractivity contribution in [1.82, 2.24) is 15.0 Å². The van der Waals surface area contributed by atoms with Gasteiger partial charge < -0.3 is 25.6 Å². The van der Waals surface area contributed by atoms with E-state index in [1.165, 1.54) is 18.0 Å². The van der Waals surface area contributed by atoms with Gasteiger partial charge >= 0.3 is 0 Å². The van der Waals surface area contributed by atoms with E-state index in [0.29, 0.717) is 84.4 Å². The van der Waals surface area contributed by atoms with Crippen LogP contribution in [0.25, 0.3) is 27.5 Å². The summed E-state index contributed by atoms with van der Waals surface area (Å²) >= 11 is 1.34. The van der Waals surface area contributed by atoms with E-state index in [4.69, 9.17) is 30.1 Å². The van der Waals surface area contributed by atoms with E-state index < -0.39 is 15.0 Å². The van der Waals surface area contributed by atoms with Crippen LogP contribution in [0, 0.1) is 13.8 Å². The standard InChI is InChI=1S/C44H37N11O12S3/c1-24-15-29(10-14-34(24)48-51-39-20-36-37(22-42(39)70(59,60)61)54-55(53-36)30-5-4-6-32(19-30)68-66-64-57)47-49-35-21-40(62-3)38(16-25(35)2)50-52-43-41(69-67-65-58)18-26-17-28(9-13-33(26)44(43)56)46-23-63-31-11-7-27(45)8-12-31/h4-22,46,56-58H,23,45H2,1-3H3,(H,59,60,61). The zero-order valence-corrected chi connectivity index (χ0v) is 39.0. The molecule has 0 spiro atoms. The Morgan fingerprint density at radius 1 is 0.729 bits per heavy atom. The van der Waals surface area contributed by atoms with Crippen molar-refractivity contribution in [1.29, 1.82) is 0 Å². The van der Waals surface area contributed by atoms with Crippen LogP contribution in [0.2, 0.25) is 0 Å². The van der Waals surface area contributed by atoms with Crippen LogP contribution >= 0.6 is 24.1 Å². The summed E-state index contributed by atoms with van der Waals surface area (Å²) in [7, 11) is -3.33. The quantitative estimate of drug-likeness (QED) is 0.00834. The lowest BCUT2D eigenvalue weighted by molar-refractivity contribution is -0.432. The van der Waals surface area contributed by atoms with E-state index in [9.17, 15) is 18.1 Å². The minimum Gasteiger partial charge on any atom is -0.505 e. The van der Waals surface area contributed by atoms with E-state index in [0.717, 1.165) is 18.1 Å². The SMILES string of the molecule is COc1cc(N=Nc2ccc(N=Nc3cc4nn(-c5cccc(SOOO)c5)nc4cc3S(=O)(=O)O)c(C)c2)c(C)cc1N=Nc1c(SOOO)cc2cc(NCOc3ccc(N)cc3)ccc2c1O. The molecule has 7 N–H and O–H groups in total. The number of rotatable bonds is 19. The molecule has 0 saturated heterocycles. The van der Waals surface area contributed by atoms with Crippen molar-refractivity contribution in [3.63, 3.8) is 0 Å². The fourth-order valence-corrected chi connectivity index (χ4v) is 8.17. The van der Waals surface area contributed by atoms with Gasteiger partial charge in [0.15, 0.2) is 12.5 Å². The van der Waals surface area contributed by atoms with Gasteiger partial charge in [0, 0.05) is 27.7 Å². The van der Waals surface area contributed by atoms with Gasteiger partial charge in [-0.15, -0.1) is 34.2 Å². The minimum absolute atomic E-state index is 0.0226. The molecule has 23 nitrogen and oxygen atoms in total. The zero-order chi connectivity index (χ0) is 49.4. The van der Waals surface area contributed by atoms with Crippen LogP contribution in [0.15, 0.2) is 161 Å². The number of methoxy groups -OCH3 is 1. The van der Waals surface area contributed by atoms with Crippen molar-refractivity contribution >= 4 is 102 Å². The Labute approximate surface area is 405 Å². The van der Waals surface area contributed by atoms with Crippen LogP contribution in [0.4, 0.5) is 45.5 Å². The molecule has 1 aromatic heterocycles. The van der Waals surface area contributed by atoms with Crippen molar-refractivity contribution in [3.05, 3.63) is 126 Å². The zero-order valence-electron chi connectivity index (χ0n) is 36.6.